The lowest BCUT2D eigenvalue weighted by molar-refractivity contribution is -0.134. The van der Waals surface area contributed by atoms with Crippen LogP contribution in [0.15, 0.2) is 72.1 Å². The number of fused-ring (bicyclic) bond motifs is 1. The average molecular weight is 361 g/mol. The molecule has 4 rings (SSSR count). The molecule has 1 aliphatic rings. The molecule has 0 fully saturated rings. The van der Waals surface area contributed by atoms with Gasteiger partial charge in [0.15, 0.2) is 11.3 Å². The van der Waals surface area contributed by atoms with E-state index in [4.69, 9.17) is 4.74 Å². The van der Waals surface area contributed by atoms with Gasteiger partial charge in [-0.25, -0.2) is 9.78 Å². The first kappa shape index (κ1) is 16.6. The summed E-state index contributed by atoms with van der Waals surface area (Å²) in [5.41, 5.74) is 1.89. The van der Waals surface area contributed by atoms with Crippen LogP contribution in [0.2, 0.25) is 0 Å². The van der Waals surface area contributed by atoms with Crippen molar-refractivity contribution in [3.8, 4) is 0 Å². The number of hydrogen-bond acceptors (Lipinski definition) is 5. The zero-order chi connectivity index (χ0) is 18.8. The van der Waals surface area contributed by atoms with E-state index in [0.717, 1.165) is 10.9 Å². The van der Waals surface area contributed by atoms with E-state index in [1.807, 2.05) is 36.4 Å². The summed E-state index contributed by atoms with van der Waals surface area (Å²) in [4.78, 5) is 31.3. The van der Waals surface area contributed by atoms with Crippen LogP contribution < -0.4 is 5.32 Å². The highest BCUT2D eigenvalue weighted by Crippen LogP contribution is 2.27. The number of H-pyrrole nitrogens is 1. The normalized spacial score (nSPS) is 15.4. The van der Waals surface area contributed by atoms with Crippen LogP contribution in [0.4, 0.5) is 0 Å². The molecule has 0 atom stereocenters. The molecule has 3 heterocycles. The minimum atomic E-state index is -1.33. The molecule has 7 heteroatoms. The Bertz CT molecular complexity index is 1100. The number of aliphatic carboxylic acids is 1. The number of aromatic amines is 1. The van der Waals surface area contributed by atoms with E-state index in [9.17, 15) is 14.7 Å². The Labute approximate surface area is 154 Å². The van der Waals surface area contributed by atoms with Crippen LogP contribution in [-0.2, 0) is 20.9 Å². The van der Waals surface area contributed by atoms with Crippen molar-refractivity contribution in [3.63, 3.8) is 0 Å². The number of rotatable bonds is 5. The number of allylic oxidation sites excluding steroid dienone is 1. The van der Waals surface area contributed by atoms with Crippen molar-refractivity contribution in [1.82, 2.24) is 15.3 Å². The standard InChI is InChI=1S/C20H15N3O4/c24-17-15(9-13-11-22-18-14(13)7-4-8-21-18)27-19(16(17)20(25)26)23-10-12-5-2-1-3-6-12/h1-9,11,23H,10H2,(H,21,22)(H,25,26). The first-order valence-corrected chi connectivity index (χ1v) is 8.25. The molecule has 0 unspecified atom stereocenters. The first-order chi connectivity index (χ1) is 13.1. The van der Waals surface area contributed by atoms with Crippen molar-refractivity contribution >= 4 is 28.9 Å². The second-order valence-electron chi connectivity index (χ2n) is 5.93. The number of ketones is 1. The maximum Gasteiger partial charge on any atom is 0.345 e. The van der Waals surface area contributed by atoms with Gasteiger partial charge < -0.3 is 20.1 Å². The SMILES string of the molecule is O=C(O)C1=C(NCc2ccccc2)OC(=Cc2c[nH]c3ncccc23)C1=O. The predicted molar refractivity (Wildman–Crippen MR) is 98.1 cm³/mol. The Kier molecular flexibility index (Phi) is 4.18. The summed E-state index contributed by atoms with van der Waals surface area (Å²) in [6.07, 6.45) is 4.86. The summed E-state index contributed by atoms with van der Waals surface area (Å²) in [5.74, 6) is -2.11. The second-order valence-corrected chi connectivity index (χ2v) is 5.93. The highest BCUT2D eigenvalue weighted by molar-refractivity contribution is 6.26. The number of hydrogen-bond donors (Lipinski definition) is 3. The number of carboxylic acid groups (broad SMARTS) is 1. The maximum absolute atomic E-state index is 12.5. The summed E-state index contributed by atoms with van der Waals surface area (Å²) >= 11 is 0. The van der Waals surface area contributed by atoms with E-state index in [1.165, 1.54) is 6.08 Å². The molecule has 0 aliphatic carbocycles. The number of Topliss-reactive ketones (excluding diaryl/α,β-unsaturated/α-hetero) is 1. The van der Waals surface area contributed by atoms with Gasteiger partial charge in [-0.2, -0.15) is 0 Å². The van der Waals surface area contributed by atoms with Gasteiger partial charge in [-0.1, -0.05) is 30.3 Å². The highest BCUT2D eigenvalue weighted by Gasteiger charge is 2.35. The molecule has 0 amide bonds. The van der Waals surface area contributed by atoms with Gasteiger partial charge in [-0.05, 0) is 23.8 Å². The zero-order valence-electron chi connectivity index (χ0n) is 14.1. The van der Waals surface area contributed by atoms with Crippen molar-refractivity contribution in [2.45, 2.75) is 6.54 Å². The Morgan fingerprint density at radius 1 is 1.22 bits per heavy atom. The van der Waals surface area contributed by atoms with Crippen LogP contribution in [-0.4, -0.2) is 26.8 Å². The summed E-state index contributed by atoms with van der Waals surface area (Å²) in [5, 5.41) is 13.1. The van der Waals surface area contributed by atoms with Gasteiger partial charge in [0.25, 0.3) is 0 Å². The zero-order valence-corrected chi connectivity index (χ0v) is 14.1. The fraction of sp³-hybridized carbons (Fsp3) is 0.0500. The third kappa shape index (κ3) is 3.18. The quantitative estimate of drug-likeness (QED) is 0.477. The summed E-state index contributed by atoms with van der Waals surface area (Å²) < 4.78 is 5.56. The number of carbonyl (C=O) groups is 2. The van der Waals surface area contributed by atoms with E-state index in [0.29, 0.717) is 17.8 Å². The molecule has 2 aromatic heterocycles. The van der Waals surface area contributed by atoms with Gasteiger partial charge in [0.1, 0.15) is 5.65 Å². The van der Waals surface area contributed by atoms with Gasteiger partial charge in [-0.15, -0.1) is 0 Å². The lowest BCUT2D eigenvalue weighted by atomic mass is 10.1. The van der Waals surface area contributed by atoms with Crippen molar-refractivity contribution < 1.29 is 19.4 Å². The minimum Gasteiger partial charge on any atom is -0.477 e. The van der Waals surface area contributed by atoms with Crippen LogP contribution in [0.5, 0.6) is 0 Å². The molecular formula is C20H15N3O4. The van der Waals surface area contributed by atoms with Gasteiger partial charge in [0, 0.05) is 29.9 Å². The Morgan fingerprint density at radius 2 is 2.04 bits per heavy atom. The molecule has 0 bridgehead atoms. The largest absolute Gasteiger partial charge is 0.477 e. The number of pyridine rings is 1. The third-order valence-corrected chi connectivity index (χ3v) is 4.17. The van der Waals surface area contributed by atoms with E-state index in [1.54, 1.807) is 18.5 Å². The van der Waals surface area contributed by atoms with Crippen LogP contribution in [0.3, 0.4) is 0 Å². The summed E-state index contributed by atoms with van der Waals surface area (Å²) in [6.45, 7) is 0.338. The fourth-order valence-electron chi connectivity index (χ4n) is 2.86. The molecule has 134 valence electrons. The second kappa shape index (κ2) is 6.80. The molecular weight excluding hydrogens is 346 g/mol. The average Bonchev–Trinajstić information content (AvgIpc) is 3.22. The lowest BCUT2D eigenvalue weighted by Gasteiger charge is -2.08. The molecule has 7 nitrogen and oxygen atoms in total. The fourth-order valence-corrected chi connectivity index (χ4v) is 2.86. The van der Waals surface area contributed by atoms with Gasteiger partial charge in [-0.3, -0.25) is 4.79 Å². The number of aromatic nitrogens is 2. The van der Waals surface area contributed by atoms with Crippen molar-refractivity contribution in [2.75, 3.05) is 0 Å². The number of carbonyl (C=O) groups excluding carboxylic acids is 1. The Hall–Kier alpha value is -3.87. The van der Waals surface area contributed by atoms with Gasteiger partial charge in [0.2, 0.25) is 11.7 Å². The van der Waals surface area contributed by atoms with E-state index in [2.05, 4.69) is 15.3 Å². The number of carboxylic acids is 1. The minimum absolute atomic E-state index is 0.0484. The number of benzene rings is 1. The molecule has 3 aromatic rings. The summed E-state index contributed by atoms with van der Waals surface area (Å²) in [6, 6.07) is 13.0. The Morgan fingerprint density at radius 3 is 2.81 bits per heavy atom. The molecule has 1 aliphatic heterocycles. The monoisotopic (exact) mass is 361 g/mol. The third-order valence-electron chi connectivity index (χ3n) is 4.17. The van der Waals surface area contributed by atoms with E-state index >= 15 is 0 Å². The van der Waals surface area contributed by atoms with Crippen molar-refractivity contribution in [3.05, 3.63) is 83.2 Å². The summed E-state index contributed by atoms with van der Waals surface area (Å²) in [7, 11) is 0. The smallest absolute Gasteiger partial charge is 0.345 e. The number of nitrogens with one attached hydrogen (secondary N) is 2. The van der Waals surface area contributed by atoms with Crippen LogP contribution >= 0.6 is 0 Å². The number of nitrogens with zero attached hydrogens (tertiary/aromatic N) is 1. The van der Waals surface area contributed by atoms with Gasteiger partial charge in [0.05, 0.1) is 0 Å². The molecule has 0 saturated carbocycles. The molecule has 0 radical (unpaired) electrons. The first-order valence-electron chi connectivity index (χ1n) is 8.25. The van der Waals surface area contributed by atoms with Crippen LogP contribution in [0.1, 0.15) is 11.1 Å². The predicted octanol–water partition coefficient (Wildman–Crippen LogP) is 2.59. The van der Waals surface area contributed by atoms with Gasteiger partial charge >= 0.3 is 5.97 Å². The highest BCUT2D eigenvalue weighted by atomic mass is 16.5. The Balaban J connectivity index is 1.62. The van der Waals surface area contributed by atoms with E-state index < -0.39 is 17.3 Å². The molecule has 1 aromatic carbocycles. The van der Waals surface area contributed by atoms with Crippen LogP contribution in [0, 0.1) is 0 Å². The molecule has 0 saturated heterocycles. The van der Waals surface area contributed by atoms with Crippen molar-refractivity contribution in [1.29, 1.82) is 0 Å². The van der Waals surface area contributed by atoms with E-state index in [-0.39, 0.29) is 11.6 Å². The molecule has 0 spiro atoms. The molecule has 27 heavy (non-hydrogen) atoms. The molecule has 3 N–H and O–H groups in total. The topological polar surface area (TPSA) is 104 Å². The van der Waals surface area contributed by atoms with Crippen LogP contribution in [0.25, 0.3) is 17.1 Å². The maximum atomic E-state index is 12.5. The number of ether oxygens (including phenoxy) is 1. The lowest BCUT2D eigenvalue weighted by Crippen LogP contribution is -2.17. The van der Waals surface area contributed by atoms with Crippen molar-refractivity contribution in [2.24, 2.45) is 0 Å².